The van der Waals surface area contributed by atoms with Crippen LogP contribution in [-0.4, -0.2) is 27.8 Å². The summed E-state index contributed by atoms with van der Waals surface area (Å²) in [6.45, 7) is 5.46. The standard InChI is InChI=1S/C27H30N4O4/c1-18(2)27(26(28)35,20-11-13-21(32)14-12-20)31(22-9-5-4-8-19(22)3)25(34)16-15-24(33)30-23-10-6-7-17-29-23/h4-14,17-18,32H,15-16H2,1-3H3,(H2,28,35)(H,29,30,33). The normalized spacial score (nSPS) is 12.6. The highest BCUT2D eigenvalue weighted by molar-refractivity contribution is 6.05. The predicted molar refractivity (Wildman–Crippen MR) is 135 cm³/mol. The van der Waals surface area contributed by atoms with Crippen LogP contribution in [0, 0.1) is 12.8 Å². The van der Waals surface area contributed by atoms with Gasteiger partial charge >= 0.3 is 0 Å². The molecule has 8 nitrogen and oxygen atoms in total. The topological polar surface area (TPSA) is 126 Å². The number of hydrogen-bond donors (Lipinski definition) is 3. The Morgan fingerprint density at radius 2 is 1.66 bits per heavy atom. The van der Waals surface area contributed by atoms with Crippen LogP contribution < -0.4 is 16.0 Å². The summed E-state index contributed by atoms with van der Waals surface area (Å²) in [5.74, 6) is -1.55. The van der Waals surface area contributed by atoms with Crippen molar-refractivity contribution in [1.82, 2.24) is 4.98 Å². The van der Waals surface area contributed by atoms with E-state index in [1.165, 1.54) is 17.0 Å². The number of phenolic OH excluding ortho intramolecular Hbond substituents is 1. The minimum absolute atomic E-state index is 0.0239. The van der Waals surface area contributed by atoms with E-state index in [0.717, 1.165) is 5.56 Å². The number of aromatic hydroxyl groups is 1. The summed E-state index contributed by atoms with van der Waals surface area (Å²) in [6, 6.07) is 18.4. The van der Waals surface area contributed by atoms with E-state index in [9.17, 15) is 19.5 Å². The van der Waals surface area contributed by atoms with Crippen LogP contribution in [0.4, 0.5) is 11.5 Å². The van der Waals surface area contributed by atoms with Gasteiger partial charge in [0, 0.05) is 24.7 Å². The average Bonchev–Trinajstić information content (AvgIpc) is 2.82. The molecule has 3 amide bonds. The molecule has 0 aliphatic rings. The zero-order chi connectivity index (χ0) is 25.6. The molecule has 1 unspecified atom stereocenters. The number of aryl methyl sites for hydroxylation is 1. The highest BCUT2D eigenvalue weighted by atomic mass is 16.3. The number of para-hydroxylation sites is 1. The van der Waals surface area contributed by atoms with Gasteiger partial charge in [0.1, 0.15) is 11.6 Å². The van der Waals surface area contributed by atoms with Crippen LogP contribution in [0.2, 0.25) is 0 Å². The molecule has 3 aromatic rings. The van der Waals surface area contributed by atoms with Gasteiger partial charge in [0.2, 0.25) is 17.7 Å². The van der Waals surface area contributed by atoms with Crippen LogP contribution in [0.3, 0.4) is 0 Å². The van der Waals surface area contributed by atoms with E-state index in [0.29, 0.717) is 17.1 Å². The minimum Gasteiger partial charge on any atom is -0.508 e. The Bertz CT molecular complexity index is 1200. The first-order chi connectivity index (χ1) is 16.7. The van der Waals surface area contributed by atoms with Gasteiger partial charge in [0.25, 0.3) is 0 Å². The second-order valence-corrected chi connectivity index (χ2v) is 8.61. The molecule has 35 heavy (non-hydrogen) atoms. The molecule has 1 aromatic heterocycles. The Balaban J connectivity index is 2.04. The Kier molecular flexibility index (Phi) is 7.86. The molecule has 0 aliphatic heterocycles. The fourth-order valence-corrected chi connectivity index (χ4v) is 4.28. The van der Waals surface area contributed by atoms with E-state index in [1.807, 2.05) is 32.9 Å². The molecule has 0 saturated heterocycles. The third kappa shape index (κ3) is 5.32. The van der Waals surface area contributed by atoms with Gasteiger partial charge in [0.15, 0.2) is 5.54 Å². The number of anilines is 2. The molecule has 8 heteroatoms. The maximum atomic E-state index is 13.8. The van der Waals surface area contributed by atoms with E-state index < -0.39 is 23.3 Å². The molecule has 2 aromatic carbocycles. The van der Waals surface area contributed by atoms with Gasteiger partial charge in [0.05, 0.1) is 0 Å². The smallest absolute Gasteiger partial charge is 0.248 e. The first-order valence-electron chi connectivity index (χ1n) is 11.4. The molecule has 3 rings (SSSR count). The van der Waals surface area contributed by atoms with Crippen molar-refractivity contribution < 1.29 is 19.5 Å². The number of rotatable bonds is 9. The number of phenols is 1. The quantitative estimate of drug-likeness (QED) is 0.434. The lowest BCUT2D eigenvalue weighted by Crippen LogP contribution is -2.61. The predicted octanol–water partition coefficient (Wildman–Crippen LogP) is 3.88. The lowest BCUT2D eigenvalue weighted by molar-refractivity contribution is -0.131. The summed E-state index contributed by atoms with van der Waals surface area (Å²) in [5.41, 5.74) is 6.23. The lowest BCUT2D eigenvalue weighted by Gasteiger charge is -2.45. The molecule has 1 atom stereocenters. The Morgan fingerprint density at radius 1 is 1.00 bits per heavy atom. The number of nitrogens with zero attached hydrogens (tertiary/aromatic N) is 2. The summed E-state index contributed by atoms with van der Waals surface area (Å²) in [6.07, 6.45) is 1.29. The van der Waals surface area contributed by atoms with Gasteiger partial charge < -0.3 is 16.2 Å². The summed E-state index contributed by atoms with van der Waals surface area (Å²) in [4.78, 5) is 45.1. The lowest BCUT2D eigenvalue weighted by atomic mass is 9.76. The number of nitrogens with one attached hydrogen (secondary N) is 1. The van der Waals surface area contributed by atoms with Crippen LogP contribution in [0.1, 0.15) is 37.8 Å². The number of amides is 3. The first kappa shape index (κ1) is 25.4. The highest BCUT2D eigenvalue weighted by Gasteiger charge is 2.50. The minimum atomic E-state index is -1.56. The molecular formula is C27H30N4O4. The number of benzene rings is 2. The fraction of sp³-hybridized carbons (Fsp3) is 0.259. The van der Waals surface area contributed by atoms with E-state index in [4.69, 9.17) is 5.73 Å². The molecule has 4 N–H and O–H groups in total. The van der Waals surface area contributed by atoms with Gasteiger partial charge in [-0.05, 0) is 54.3 Å². The summed E-state index contributed by atoms with van der Waals surface area (Å²) in [7, 11) is 0. The zero-order valence-corrected chi connectivity index (χ0v) is 20.1. The van der Waals surface area contributed by atoms with Gasteiger partial charge in [-0.2, -0.15) is 0 Å². The van der Waals surface area contributed by atoms with Crippen molar-refractivity contribution in [1.29, 1.82) is 0 Å². The van der Waals surface area contributed by atoms with Crippen molar-refractivity contribution in [2.24, 2.45) is 11.7 Å². The molecule has 182 valence electrons. The number of primary amides is 1. The number of nitrogens with two attached hydrogens (primary N) is 1. The first-order valence-corrected chi connectivity index (χ1v) is 11.4. The summed E-state index contributed by atoms with van der Waals surface area (Å²) in [5, 5.41) is 12.5. The maximum absolute atomic E-state index is 13.8. The van der Waals surface area contributed by atoms with E-state index in [2.05, 4.69) is 10.3 Å². The van der Waals surface area contributed by atoms with Crippen LogP contribution in [-0.2, 0) is 19.9 Å². The molecule has 0 radical (unpaired) electrons. The molecule has 0 saturated carbocycles. The van der Waals surface area contributed by atoms with Crippen molar-refractivity contribution in [3.63, 3.8) is 0 Å². The Morgan fingerprint density at radius 3 is 2.23 bits per heavy atom. The van der Waals surface area contributed by atoms with Crippen LogP contribution >= 0.6 is 0 Å². The van der Waals surface area contributed by atoms with Crippen molar-refractivity contribution in [2.45, 2.75) is 39.2 Å². The summed E-state index contributed by atoms with van der Waals surface area (Å²) < 4.78 is 0. The molecule has 0 aliphatic carbocycles. The summed E-state index contributed by atoms with van der Waals surface area (Å²) >= 11 is 0. The Labute approximate surface area is 204 Å². The van der Waals surface area contributed by atoms with Crippen molar-refractivity contribution in [2.75, 3.05) is 10.2 Å². The fourth-order valence-electron chi connectivity index (χ4n) is 4.28. The van der Waals surface area contributed by atoms with E-state index >= 15 is 0 Å². The molecule has 0 spiro atoms. The van der Waals surface area contributed by atoms with Gasteiger partial charge in [-0.3, -0.25) is 19.3 Å². The number of pyridine rings is 1. The number of hydrogen-bond acceptors (Lipinski definition) is 5. The molecule has 0 bridgehead atoms. The van der Waals surface area contributed by atoms with Crippen molar-refractivity contribution >= 4 is 29.2 Å². The maximum Gasteiger partial charge on any atom is 0.248 e. The number of aromatic nitrogens is 1. The third-order valence-electron chi connectivity index (χ3n) is 5.98. The average molecular weight is 475 g/mol. The SMILES string of the molecule is Cc1ccccc1N(C(=O)CCC(=O)Nc1ccccn1)C(C(N)=O)(c1ccc(O)cc1)C(C)C. The van der Waals surface area contributed by atoms with E-state index in [1.54, 1.807) is 48.7 Å². The van der Waals surface area contributed by atoms with Crippen molar-refractivity contribution in [3.05, 3.63) is 84.1 Å². The van der Waals surface area contributed by atoms with Crippen LogP contribution in [0.5, 0.6) is 5.75 Å². The van der Waals surface area contributed by atoms with Gasteiger partial charge in [-0.15, -0.1) is 0 Å². The van der Waals surface area contributed by atoms with Crippen molar-refractivity contribution in [3.8, 4) is 5.75 Å². The van der Waals surface area contributed by atoms with Crippen LogP contribution in [0.15, 0.2) is 72.9 Å². The highest BCUT2D eigenvalue weighted by Crippen LogP contribution is 2.41. The molecular weight excluding hydrogens is 444 g/mol. The second-order valence-electron chi connectivity index (χ2n) is 8.61. The largest absolute Gasteiger partial charge is 0.508 e. The number of carbonyl (C=O) groups is 3. The third-order valence-corrected chi connectivity index (χ3v) is 5.98. The Hall–Kier alpha value is -4.20. The van der Waals surface area contributed by atoms with Gasteiger partial charge in [-0.1, -0.05) is 50.2 Å². The molecule has 1 heterocycles. The van der Waals surface area contributed by atoms with Gasteiger partial charge in [-0.25, -0.2) is 4.98 Å². The molecule has 0 fully saturated rings. The zero-order valence-electron chi connectivity index (χ0n) is 20.1. The van der Waals surface area contributed by atoms with E-state index in [-0.39, 0.29) is 24.5 Å². The number of carbonyl (C=O) groups excluding carboxylic acids is 3. The second kappa shape index (κ2) is 10.8. The monoisotopic (exact) mass is 474 g/mol. The van der Waals surface area contributed by atoms with Crippen LogP contribution in [0.25, 0.3) is 0 Å².